The van der Waals surface area contributed by atoms with E-state index in [1.54, 1.807) is 0 Å². The number of ether oxygens (including phenoxy) is 1. The molecule has 0 saturated carbocycles. The summed E-state index contributed by atoms with van der Waals surface area (Å²) in [7, 11) is 0. The summed E-state index contributed by atoms with van der Waals surface area (Å²) in [4.78, 5) is 27.5. The molecule has 0 unspecified atom stereocenters. The van der Waals surface area contributed by atoms with E-state index in [0.29, 0.717) is 0 Å². The number of alkyl halides is 1. The zero-order chi connectivity index (χ0) is 20.1. The van der Waals surface area contributed by atoms with Crippen molar-refractivity contribution in [2.75, 3.05) is 6.86 Å². The zero-order valence-electron chi connectivity index (χ0n) is 14.2. The largest absolute Gasteiger partial charge is 0.460 e. The van der Waals surface area contributed by atoms with Crippen LogP contribution < -0.4 is 15.6 Å². The zero-order valence-corrected chi connectivity index (χ0v) is 14.2. The quantitative estimate of drug-likeness (QED) is 0.673. The highest BCUT2D eigenvalue weighted by molar-refractivity contribution is 5.92. The van der Waals surface area contributed by atoms with E-state index in [9.17, 15) is 22.8 Å². The van der Waals surface area contributed by atoms with E-state index in [2.05, 4.69) is 25.2 Å². The van der Waals surface area contributed by atoms with Crippen molar-refractivity contribution in [1.82, 2.24) is 20.5 Å². The Balaban J connectivity index is 1.99. The van der Waals surface area contributed by atoms with Crippen LogP contribution in [0.4, 0.5) is 13.2 Å². The van der Waals surface area contributed by atoms with Crippen LogP contribution in [0.25, 0.3) is 0 Å². The summed E-state index contributed by atoms with van der Waals surface area (Å²) in [6.45, 7) is -1.22. The summed E-state index contributed by atoms with van der Waals surface area (Å²) in [5.41, 5.74) is -0.675. The highest BCUT2D eigenvalue weighted by Crippen LogP contribution is 2.27. The van der Waals surface area contributed by atoms with Crippen LogP contribution in [-0.4, -0.2) is 27.9 Å². The van der Waals surface area contributed by atoms with E-state index in [1.807, 2.05) is 0 Å². The third kappa shape index (κ3) is 4.17. The number of rotatable bonds is 6. The highest BCUT2D eigenvalue weighted by atomic mass is 19.1. The fourth-order valence-corrected chi connectivity index (χ4v) is 2.47. The van der Waals surface area contributed by atoms with Gasteiger partial charge in [-0.1, -0.05) is 6.07 Å². The first-order chi connectivity index (χ1) is 13.5. The van der Waals surface area contributed by atoms with Crippen molar-refractivity contribution < 1.29 is 22.7 Å². The van der Waals surface area contributed by atoms with Gasteiger partial charge in [0.25, 0.3) is 11.5 Å². The Morgan fingerprint density at radius 1 is 1.18 bits per heavy atom. The van der Waals surface area contributed by atoms with E-state index in [1.165, 1.54) is 24.4 Å². The van der Waals surface area contributed by atoms with E-state index in [4.69, 9.17) is 0 Å². The molecule has 0 radical (unpaired) electrons. The summed E-state index contributed by atoms with van der Waals surface area (Å²) < 4.78 is 45.2. The average molecular weight is 390 g/mol. The summed E-state index contributed by atoms with van der Waals surface area (Å²) in [5.74, 6) is -2.71. The molecule has 0 bridgehead atoms. The van der Waals surface area contributed by atoms with Gasteiger partial charge in [0.1, 0.15) is 17.2 Å². The van der Waals surface area contributed by atoms with Crippen molar-refractivity contribution in [3.8, 4) is 5.75 Å². The number of carbonyl (C=O) groups is 1. The number of H-pyrrole nitrogens is 1. The molecule has 10 heteroatoms. The minimum atomic E-state index is -1.22. The van der Waals surface area contributed by atoms with Gasteiger partial charge in [0.2, 0.25) is 6.86 Å². The maximum atomic E-state index is 14.3. The molecule has 0 spiro atoms. The van der Waals surface area contributed by atoms with Crippen molar-refractivity contribution in [1.29, 1.82) is 0 Å². The Labute approximate surface area is 156 Å². The minimum Gasteiger partial charge on any atom is -0.460 e. The average Bonchev–Trinajstić information content (AvgIpc) is 2.69. The van der Waals surface area contributed by atoms with Gasteiger partial charge in [-0.2, -0.15) is 5.10 Å². The number of amides is 1. The maximum absolute atomic E-state index is 14.3. The number of carbonyl (C=O) groups excluding carboxylic acids is 1. The Morgan fingerprint density at radius 3 is 2.64 bits per heavy atom. The first-order valence-corrected chi connectivity index (χ1v) is 7.95. The lowest BCUT2D eigenvalue weighted by atomic mass is 10.0. The molecule has 28 heavy (non-hydrogen) atoms. The number of nitrogens with zero attached hydrogens (tertiary/aromatic N) is 2. The lowest BCUT2D eigenvalue weighted by molar-refractivity contribution is 0.0935. The molecule has 0 aliphatic rings. The van der Waals surface area contributed by atoms with Crippen LogP contribution in [0.2, 0.25) is 0 Å². The molecule has 0 saturated heterocycles. The lowest BCUT2D eigenvalue weighted by Gasteiger charge is -2.19. The van der Waals surface area contributed by atoms with Crippen LogP contribution in [0.15, 0.2) is 53.5 Å². The van der Waals surface area contributed by atoms with Gasteiger partial charge in [-0.15, -0.1) is 0 Å². The van der Waals surface area contributed by atoms with Crippen molar-refractivity contribution in [3.63, 3.8) is 0 Å². The van der Waals surface area contributed by atoms with Gasteiger partial charge in [0.05, 0.1) is 6.04 Å². The number of benzene rings is 1. The molecular weight excluding hydrogens is 377 g/mol. The summed E-state index contributed by atoms with van der Waals surface area (Å²) in [6.07, 6.45) is 1.31. The number of hydrogen-bond acceptors (Lipinski definition) is 5. The van der Waals surface area contributed by atoms with Gasteiger partial charge in [-0.3, -0.25) is 14.6 Å². The molecule has 1 aromatic carbocycles. The predicted molar refractivity (Wildman–Crippen MR) is 91.4 cm³/mol. The van der Waals surface area contributed by atoms with E-state index in [-0.39, 0.29) is 22.7 Å². The number of halogens is 3. The highest BCUT2D eigenvalue weighted by Gasteiger charge is 2.24. The van der Waals surface area contributed by atoms with Crippen molar-refractivity contribution in [2.45, 2.75) is 6.04 Å². The lowest BCUT2D eigenvalue weighted by Crippen LogP contribution is -2.32. The fourth-order valence-electron chi connectivity index (χ4n) is 2.47. The Kier molecular flexibility index (Phi) is 5.68. The van der Waals surface area contributed by atoms with Gasteiger partial charge < -0.3 is 10.1 Å². The third-order valence-electron chi connectivity index (χ3n) is 3.75. The second kappa shape index (κ2) is 8.33. The second-order valence-corrected chi connectivity index (χ2v) is 5.53. The molecule has 3 rings (SSSR count). The van der Waals surface area contributed by atoms with Crippen LogP contribution in [0.1, 0.15) is 27.8 Å². The van der Waals surface area contributed by atoms with E-state index >= 15 is 0 Å². The smallest absolute Gasteiger partial charge is 0.272 e. The van der Waals surface area contributed by atoms with Crippen molar-refractivity contribution in [2.24, 2.45) is 0 Å². The molecule has 1 amide bonds. The van der Waals surface area contributed by atoms with Crippen LogP contribution >= 0.6 is 0 Å². The SMILES string of the molecule is O=C(N[C@@H](c1ccc(OCF)c(F)c1)c1ncccc1F)c1ccc(=O)[nH]n1. The molecule has 1 atom stereocenters. The number of pyridine rings is 1. The van der Waals surface area contributed by atoms with Gasteiger partial charge >= 0.3 is 0 Å². The number of aromatic nitrogens is 3. The number of aromatic amines is 1. The Bertz CT molecular complexity index is 1040. The summed E-state index contributed by atoms with van der Waals surface area (Å²) >= 11 is 0. The third-order valence-corrected chi connectivity index (χ3v) is 3.75. The molecule has 0 fully saturated rings. The van der Waals surface area contributed by atoms with Gasteiger partial charge in [-0.05, 0) is 35.9 Å². The number of hydrogen-bond donors (Lipinski definition) is 2. The minimum absolute atomic E-state index is 0.138. The molecule has 2 N–H and O–H groups in total. The normalized spacial score (nSPS) is 11.7. The number of nitrogens with one attached hydrogen (secondary N) is 2. The first kappa shape index (κ1) is 19.1. The topological polar surface area (TPSA) is 97.0 Å². The molecule has 3 aromatic rings. The fraction of sp³-hybridized carbons (Fsp3) is 0.111. The van der Waals surface area contributed by atoms with Crippen molar-refractivity contribution in [3.05, 3.63) is 87.6 Å². The Hall–Kier alpha value is -3.69. The van der Waals surface area contributed by atoms with Crippen LogP contribution in [-0.2, 0) is 0 Å². The summed E-state index contributed by atoms with van der Waals surface area (Å²) in [6, 6.07) is 7.06. The van der Waals surface area contributed by atoms with Crippen LogP contribution in [0.3, 0.4) is 0 Å². The summed E-state index contributed by atoms with van der Waals surface area (Å²) in [5, 5.41) is 8.20. The Morgan fingerprint density at radius 2 is 2.00 bits per heavy atom. The molecule has 2 aromatic heterocycles. The molecule has 0 aliphatic carbocycles. The van der Waals surface area contributed by atoms with E-state index < -0.39 is 36.0 Å². The predicted octanol–water partition coefficient (Wildman–Crippen LogP) is 2.27. The van der Waals surface area contributed by atoms with Gasteiger partial charge in [0, 0.05) is 12.3 Å². The molecule has 2 heterocycles. The van der Waals surface area contributed by atoms with Gasteiger partial charge in [0.15, 0.2) is 11.6 Å². The second-order valence-electron chi connectivity index (χ2n) is 5.53. The van der Waals surface area contributed by atoms with Gasteiger partial charge in [-0.25, -0.2) is 18.3 Å². The maximum Gasteiger partial charge on any atom is 0.272 e. The van der Waals surface area contributed by atoms with Crippen LogP contribution in [0, 0.1) is 11.6 Å². The molecular formula is C18H13F3N4O3. The van der Waals surface area contributed by atoms with Crippen molar-refractivity contribution >= 4 is 5.91 Å². The standard InChI is InChI=1S/C18H13F3N4O3/c19-9-28-14-5-3-10(8-12(14)21)16(17-11(20)2-1-7-22-17)23-18(27)13-4-6-15(26)25-24-13/h1-8,16H,9H2,(H,23,27)(H,25,26)/t16-/m0/s1. The molecule has 7 nitrogen and oxygen atoms in total. The van der Waals surface area contributed by atoms with Crippen LogP contribution in [0.5, 0.6) is 5.75 Å². The molecule has 0 aliphatic heterocycles. The monoisotopic (exact) mass is 390 g/mol. The first-order valence-electron chi connectivity index (χ1n) is 7.95. The van der Waals surface area contributed by atoms with E-state index in [0.717, 1.165) is 24.3 Å². The molecule has 144 valence electrons.